The highest BCUT2D eigenvalue weighted by Crippen LogP contribution is 2.21. The van der Waals surface area contributed by atoms with Crippen LogP contribution in [0, 0.1) is 0 Å². The van der Waals surface area contributed by atoms with Crippen LogP contribution in [0.25, 0.3) is 0 Å². The van der Waals surface area contributed by atoms with E-state index in [0.29, 0.717) is 24.5 Å². The van der Waals surface area contributed by atoms with Gasteiger partial charge in [-0.2, -0.15) is 0 Å². The lowest BCUT2D eigenvalue weighted by molar-refractivity contribution is 0.0468. The van der Waals surface area contributed by atoms with Crippen LogP contribution in [-0.2, 0) is 0 Å². The number of aliphatic hydroxyl groups excluding tert-OH is 1. The normalized spacial score (nSPS) is 25.4. The molecule has 2 unspecified atom stereocenters. The number of benzene rings is 1. The van der Waals surface area contributed by atoms with Crippen molar-refractivity contribution in [2.75, 3.05) is 32.0 Å². The maximum atomic E-state index is 9.94. The predicted octanol–water partition coefficient (Wildman–Crippen LogP) is 0.465. The van der Waals surface area contributed by atoms with Crippen LogP contribution in [0.15, 0.2) is 24.3 Å². The molecule has 4 N–H and O–H groups in total. The molecule has 0 radical (unpaired) electrons. The Morgan fingerprint density at radius 3 is 2.84 bits per heavy atom. The van der Waals surface area contributed by atoms with Gasteiger partial charge in [-0.15, -0.1) is 0 Å². The van der Waals surface area contributed by atoms with Gasteiger partial charge < -0.3 is 20.7 Å². The van der Waals surface area contributed by atoms with Gasteiger partial charge in [0.1, 0.15) is 18.5 Å². The van der Waals surface area contributed by atoms with Crippen molar-refractivity contribution in [1.82, 2.24) is 4.90 Å². The summed E-state index contributed by atoms with van der Waals surface area (Å²) in [6.45, 7) is 3.92. The fourth-order valence-electron chi connectivity index (χ4n) is 2.34. The van der Waals surface area contributed by atoms with Gasteiger partial charge in [-0.05, 0) is 25.5 Å². The van der Waals surface area contributed by atoms with E-state index < -0.39 is 11.7 Å². The second-order valence-electron chi connectivity index (χ2n) is 5.48. The average Bonchev–Trinajstić information content (AvgIpc) is 2.67. The lowest BCUT2D eigenvalue weighted by atomic mass is 10.1. The van der Waals surface area contributed by atoms with E-state index in [2.05, 4.69) is 0 Å². The Morgan fingerprint density at radius 2 is 2.21 bits per heavy atom. The monoisotopic (exact) mass is 266 g/mol. The molecular formula is C14H22N2O3. The molecule has 0 aromatic heterocycles. The summed E-state index contributed by atoms with van der Waals surface area (Å²) < 4.78 is 5.50. The molecule has 1 aliphatic heterocycles. The van der Waals surface area contributed by atoms with Crippen molar-refractivity contribution >= 4 is 5.69 Å². The summed E-state index contributed by atoms with van der Waals surface area (Å²) in [5.74, 6) is 0.593. The Hall–Kier alpha value is -1.30. The number of nitrogen functional groups attached to an aromatic ring is 1. The van der Waals surface area contributed by atoms with Crippen LogP contribution in [0.5, 0.6) is 5.75 Å². The lowest BCUT2D eigenvalue weighted by Crippen LogP contribution is -2.37. The van der Waals surface area contributed by atoms with Crippen LogP contribution in [0.1, 0.15) is 13.3 Å². The maximum absolute atomic E-state index is 9.94. The number of aliphatic hydroxyl groups is 2. The molecule has 5 heteroatoms. The fraction of sp³-hybridized carbons (Fsp3) is 0.571. The molecule has 1 fully saturated rings. The summed E-state index contributed by atoms with van der Waals surface area (Å²) in [6, 6.07) is 7.22. The summed E-state index contributed by atoms with van der Waals surface area (Å²) in [5, 5.41) is 19.8. The minimum Gasteiger partial charge on any atom is -0.489 e. The Labute approximate surface area is 113 Å². The number of rotatable bonds is 5. The van der Waals surface area contributed by atoms with Crippen LogP contribution in [0.3, 0.4) is 0 Å². The maximum Gasteiger partial charge on any atom is 0.142 e. The highest BCUT2D eigenvalue weighted by atomic mass is 16.5. The molecule has 0 saturated carbocycles. The zero-order chi connectivity index (χ0) is 13.9. The first-order valence-electron chi connectivity index (χ1n) is 6.56. The largest absolute Gasteiger partial charge is 0.489 e. The minimum atomic E-state index is -0.634. The first kappa shape index (κ1) is 14.1. The quantitative estimate of drug-likeness (QED) is 0.675. The van der Waals surface area contributed by atoms with E-state index in [9.17, 15) is 10.2 Å². The van der Waals surface area contributed by atoms with Gasteiger partial charge in [0.2, 0.25) is 0 Å². The Balaban J connectivity index is 1.76. The first-order chi connectivity index (χ1) is 8.96. The van der Waals surface area contributed by atoms with Crippen LogP contribution in [0.2, 0.25) is 0 Å². The van der Waals surface area contributed by atoms with Crippen LogP contribution in [0.4, 0.5) is 5.69 Å². The van der Waals surface area contributed by atoms with Crippen LogP contribution >= 0.6 is 0 Å². The number of hydrogen-bond donors (Lipinski definition) is 3. The highest BCUT2D eigenvalue weighted by Gasteiger charge is 2.31. The lowest BCUT2D eigenvalue weighted by Gasteiger charge is -2.22. The second-order valence-corrected chi connectivity index (χ2v) is 5.48. The summed E-state index contributed by atoms with van der Waals surface area (Å²) >= 11 is 0. The Kier molecular flexibility index (Phi) is 4.29. The molecule has 2 atom stereocenters. The van der Waals surface area contributed by atoms with E-state index in [1.807, 2.05) is 24.0 Å². The second kappa shape index (κ2) is 5.77. The summed E-state index contributed by atoms with van der Waals surface area (Å²) in [4.78, 5) is 2.04. The summed E-state index contributed by atoms with van der Waals surface area (Å²) in [7, 11) is 0. The first-order valence-corrected chi connectivity index (χ1v) is 6.56. The molecule has 1 aromatic rings. The molecule has 0 amide bonds. The Morgan fingerprint density at radius 1 is 1.47 bits per heavy atom. The molecule has 1 heterocycles. The van der Waals surface area contributed by atoms with Crippen molar-refractivity contribution in [3.05, 3.63) is 24.3 Å². The average molecular weight is 266 g/mol. The number of β-amino-alcohol motifs (C(OH)–C–C–N with tert-alkyl or cyclic N) is 2. The zero-order valence-corrected chi connectivity index (χ0v) is 11.2. The van der Waals surface area contributed by atoms with E-state index in [1.165, 1.54) is 0 Å². The SMILES string of the molecule is CC1(O)CCN(CC(O)COc2ccccc2N)C1. The van der Waals surface area contributed by atoms with Gasteiger partial charge in [-0.1, -0.05) is 12.1 Å². The van der Waals surface area contributed by atoms with Gasteiger partial charge in [0.05, 0.1) is 11.3 Å². The van der Waals surface area contributed by atoms with E-state index in [-0.39, 0.29) is 6.61 Å². The molecule has 5 nitrogen and oxygen atoms in total. The van der Waals surface area contributed by atoms with Gasteiger partial charge in [0.25, 0.3) is 0 Å². The summed E-state index contributed by atoms with van der Waals surface area (Å²) in [6.07, 6.45) is 0.153. The van der Waals surface area contributed by atoms with Crippen LogP contribution in [-0.4, -0.2) is 53.1 Å². The smallest absolute Gasteiger partial charge is 0.142 e. The molecular weight excluding hydrogens is 244 g/mol. The molecule has 1 aliphatic rings. The number of para-hydroxylation sites is 2. The van der Waals surface area contributed by atoms with Crippen molar-refractivity contribution in [3.8, 4) is 5.75 Å². The van der Waals surface area contributed by atoms with E-state index in [0.717, 1.165) is 13.0 Å². The molecule has 0 spiro atoms. The standard InChI is InChI=1S/C14H22N2O3/c1-14(18)6-7-16(10-14)8-11(17)9-19-13-5-3-2-4-12(13)15/h2-5,11,17-18H,6-10,15H2,1H3. The Bertz CT molecular complexity index is 423. The number of likely N-dealkylation sites (tertiary alicyclic amines) is 1. The predicted molar refractivity (Wildman–Crippen MR) is 74.0 cm³/mol. The van der Waals surface area contributed by atoms with Crippen LogP contribution < -0.4 is 10.5 Å². The molecule has 106 valence electrons. The number of nitrogens with two attached hydrogens (primary N) is 1. The topological polar surface area (TPSA) is 79.0 Å². The highest BCUT2D eigenvalue weighted by molar-refractivity contribution is 5.51. The third kappa shape index (κ3) is 4.09. The van der Waals surface area contributed by atoms with E-state index in [4.69, 9.17) is 10.5 Å². The molecule has 1 saturated heterocycles. The van der Waals surface area contributed by atoms with Gasteiger partial charge >= 0.3 is 0 Å². The fourth-order valence-corrected chi connectivity index (χ4v) is 2.34. The van der Waals surface area contributed by atoms with Gasteiger partial charge in [-0.25, -0.2) is 0 Å². The number of anilines is 1. The summed E-state index contributed by atoms with van der Waals surface area (Å²) in [5.41, 5.74) is 5.69. The van der Waals surface area contributed by atoms with Crippen molar-refractivity contribution < 1.29 is 14.9 Å². The molecule has 0 bridgehead atoms. The third-order valence-corrected chi connectivity index (χ3v) is 3.35. The number of ether oxygens (including phenoxy) is 1. The number of nitrogens with zero attached hydrogens (tertiary/aromatic N) is 1. The van der Waals surface area contributed by atoms with Crippen molar-refractivity contribution in [1.29, 1.82) is 0 Å². The molecule has 2 rings (SSSR count). The van der Waals surface area contributed by atoms with Gasteiger partial charge in [0.15, 0.2) is 0 Å². The zero-order valence-electron chi connectivity index (χ0n) is 11.2. The molecule has 19 heavy (non-hydrogen) atoms. The van der Waals surface area contributed by atoms with Crippen molar-refractivity contribution in [3.63, 3.8) is 0 Å². The van der Waals surface area contributed by atoms with E-state index in [1.54, 1.807) is 12.1 Å². The molecule has 1 aromatic carbocycles. The van der Waals surface area contributed by atoms with E-state index >= 15 is 0 Å². The third-order valence-electron chi connectivity index (χ3n) is 3.35. The van der Waals surface area contributed by atoms with Gasteiger partial charge in [-0.3, -0.25) is 4.90 Å². The van der Waals surface area contributed by atoms with Gasteiger partial charge in [0, 0.05) is 19.6 Å². The minimum absolute atomic E-state index is 0.201. The van der Waals surface area contributed by atoms with Crippen molar-refractivity contribution in [2.24, 2.45) is 0 Å². The van der Waals surface area contributed by atoms with Crippen molar-refractivity contribution in [2.45, 2.75) is 25.0 Å². The number of hydrogen-bond acceptors (Lipinski definition) is 5. The molecule has 0 aliphatic carbocycles.